The van der Waals surface area contributed by atoms with Crippen molar-refractivity contribution in [3.05, 3.63) is 64.2 Å². The smallest absolute Gasteiger partial charge is 0.207 e. The molecule has 0 aliphatic heterocycles. The predicted octanol–water partition coefficient (Wildman–Crippen LogP) is 4.15. The number of hydrogen-bond acceptors (Lipinski definition) is 2. The molecule has 23 heavy (non-hydrogen) atoms. The van der Waals surface area contributed by atoms with Gasteiger partial charge >= 0.3 is 6.18 Å². The van der Waals surface area contributed by atoms with E-state index < -0.39 is 26.7 Å². The van der Waals surface area contributed by atoms with Crippen LogP contribution in [-0.4, -0.2) is 8.42 Å². The number of hydrogen-bond donors (Lipinski definition) is 1. The highest BCUT2D eigenvalue weighted by molar-refractivity contribution is 7.89. The molecule has 0 fully saturated rings. The van der Waals surface area contributed by atoms with Crippen molar-refractivity contribution >= 4 is 21.6 Å². The van der Waals surface area contributed by atoms with Crippen LogP contribution >= 0.6 is 11.6 Å². The van der Waals surface area contributed by atoms with E-state index in [2.05, 4.69) is 4.72 Å². The average Bonchev–Trinajstić information content (AvgIpc) is 2.45. The second-order valence-corrected chi connectivity index (χ2v) is 7.06. The highest BCUT2D eigenvalue weighted by atomic mass is 35.5. The summed E-state index contributed by atoms with van der Waals surface area (Å²) in [7, 11) is -4.33. The highest BCUT2D eigenvalue weighted by Crippen LogP contribution is 2.35. The van der Waals surface area contributed by atoms with E-state index in [1.54, 1.807) is 31.2 Å². The second-order valence-electron chi connectivity index (χ2n) is 4.89. The van der Waals surface area contributed by atoms with E-state index in [0.717, 1.165) is 17.7 Å². The summed E-state index contributed by atoms with van der Waals surface area (Å²) < 4.78 is 65.8. The average molecular weight is 364 g/mol. The lowest BCUT2D eigenvalue weighted by molar-refractivity contribution is -0.139. The Hall–Kier alpha value is -1.57. The minimum Gasteiger partial charge on any atom is -0.207 e. The van der Waals surface area contributed by atoms with E-state index in [4.69, 9.17) is 11.6 Å². The van der Waals surface area contributed by atoms with Crippen molar-refractivity contribution in [3.8, 4) is 0 Å². The standard InChI is InChI=1S/C15H13ClF3NO2S/c1-10-4-2-3-5-11(10)9-20-23(21,22)14-7-6-12(16)8-13(14)15(17,18)19/h2-8,20H,9H2,1H3. The van der Waals surface area contributed by atoms with Crippen LogP contribution in [0.3, 0.4) is 0 Å². The molecule has 0 unspecified atom stereocenters. The van der Waals surface area contributed by atoms with Gasteiger partial charge in [0.1, 0.15) is 0 Å². The lowest BCUT2D eigenvalue weighted by Crippen LogP contribution is -2.26. The highest BCUT2D eigenvalue weighted by Gasteiger charge is 2.37. The summed E-state index contributed by atoms with van der Waals surface area (Å²) in [6.07, 6.45) is -4.82. The van der Waals surface area contributed by atoms with Gasteiger partial charge in [0.25, 0.3) is 0 Å². The van der Waals surface area contributed by atoms with E-state index in [1.165, 1.54) is 0 Å². The van der Waals surface area contributed by atoms with Crippen LogP contribution in [0.2, 0.25) is 5.02 Å². The maximum Gasteiger partial charge on any atom is 0.417 e. The third kappa shape index (κ3) is 4.25. The molecule has 0 saturated heterocycles. The van der Waals surface area contributed by atoms with Crippen LogP contribution in [0.25, 0.3) is 0 Å². The topological polar surface area (TPSA) is 46.2 Å². The Bertz CT molecular complexity index is 820. The molecule has 1 N–H and O–H groups in total. The molecule has 8 heteroatoms. The molecule has 0 aliphatic carbocycles. The monoisotopic (exact) mass is 363 g/mol. The predicted molar refractivity (Wildman–Crippen MR) is 81.7 cm³/mol. The summed E-state index contributed by atoms with van der Waals surface area (Å²) in [5.41, 5.74) is 0.225. The molecule has 0 atom stereocenters. The third-order valence-electron chi connectivity index (χ3n) is 3.25. The number of benzene rings is 2. The van der Waals surface area contributed by atoms with Gasteiger partial charge in [0.05, 0.1) is 10.5 Å². The van der Waals surface area contributed by atoms with E-state index >= 15 is 0 Å². The van der Waals surface area contributed by atoms with Crippen LogP contribution < -0.4 is 4.72 Å². The minimum atomic E-state index is -4.82. The van der Waals surface area contributed by atoms with Crippen molar-refractivity contribution in [2.24, 2.45) is 0 Å². The summed E-state index contributed by atoms with van der Waals surface area (Å²) in [5.74, 6) is 0. The molecule has 3 nitrogen and oxygen atoms in total. The molecule has 2 rings (SSSR count). The van der Waals surface area contributed by atoms with Crippen LogP contribution in [0.4, 0.5) is 13.2 Å². The van der Waals surface area contributed by atoms with Gasteiger partial charge in [-0.1, -0.05) is 35.9 Å². The van der Waals surface area contributed by atoms with Gasteiger partial charge in [-0.3, -0.25) is 0 Å². The summed E-state index contributed by atoms with van der Waals surface area (Å²) in [5, 5.41) is -0.185. The molecule has 0 aromatic heterocycles. The molecule has 0 amide bonds. The van der Waals surface area contributed by atoms with Gasteiger partial charge in [0.2, 0.25) is 10.0 Å². The molecule has 124 valence electrons. The van der Waals surface area contributed by atoms with Gasteiger partial charge in [-0.25, -0.2) is 13.1 Å². The fraction of sp³-hybridized carbons (Fsp3) is 0.200. The summed E-state index contributed by atoms with van der Waals surface area (Å²) in [4.78, 5) is -0.844. The lowest BCUT2D eigenvalue weighted by atomic mass is 10.1. The second kappa shape index (κ2) is 6.51. The fourth-order valence-electron chi connectivity index (χ4n) is 2.02. The largest absolute Gasteiger partial charge is 0.417 e. The Kier molecular flexibility index (Phi) is 5.03. The first-order valence-corrected chi connectivity index (χ1v) is 8.38. The van der Waals surface area contributed by atoms with Crippen molar-refractivity contribution in [2.45, 2.75) is 24.5 Å². The Morgan fingerprint density at radius 1 is 1.13 bits per heavy atom. The maximum absolute atomic E-state index is 13.0. The molecule has 2 aromatic rings. The number of aryl methyl sites for hydroxylation is 1. The molecule has 0 bridgehead atoms. The zero-order chi connectivity index (χ0) is 17.3. The number of nitrogens with one attached hydrogen (secondary N) is 1. The van der Waals surface area contributed by atoms with Crippen LogP contribution in [0.15, 0.2) is 47.4 Å². The fourth-order valence-corrected chi connectivity index (χ4v) is 3.40. The number of alkyl halides is 3. The van der Waals surface area contributed by atoms with E-state index in [-0.39, 0.29) is 11.6 Å². The SMILES string of the molecule is Cc1ccccc1CNS(=O)(=O)c1ccc(Cl)cc1C(F)(F)F. The molecule has 0 saturated carbocycles. The minimum absolute atomic E-state index is 0.102. The maximum atomic E-state index is 13.0. The first-order valence-electron chi connectivity index (χ1n) is 6.52. The first-order chi connectivity index (χ1) is 10.6. The normalized spacial score (nSPS) is 12.4. The van der Waals surface area contributed by atoms with Gasteiger partial charge in [-0.15, -0.1) is 0 Å². The van der Waals surface area contributed by atoms with E-state index in [1.807, 2.05) is 0 Å². The summed E-state index contributed by atoms with van der Waals surface area (Å²) in [6, 6.07) is 9.56. The molecule has 0 radical (unpaired) electrons. The van der Waals surface area contributed by atoms with Gasteiger partial charge in [0.15, 0.2) is 0 Å². The lowest BCUT2D eigenvalue weighted by Gasteiger charge is -2.14. The van der Waals surface area contributed by atoms with Crippen LogP contribution in [-0.2, 0) is 22.7 Å². The number of rotatable bonds is 4. The Morgan fingerprint density at radius 3 is 2.39 bits per heavy atom. The Labute approximate surface area is 137 Å². The van der Waals surface area contributed by atoms with E-state index in [0.29, 0.717) is 11.6 Å². The molecule has 0 spiro atoms. The Balaban J connectivity index is 2.35. The molecule has 0 heterocycles. The van der Waals surface area contributed by atoms with Crippen molar-refractivity contribution in [1.82, 2.24) is 4.72 Å². The van der Waals surface area contributed by atoms with Crippen molar-refractivity contribution in [3.63, 3.8) is 0 Å². The quantitative estimate of drug-likeness (QED) is 0.887. The number of sulfonamides is 1. The van der Waals surface area contributed by atoms with Crippen LogP contribution in [0.5, 0.6) is 0 Å². The van der Waals surface area contributed by atoms with Gasteiger partial charge in [-0.05, 0) is 36.2 Å². The number of halogens is 4. The van der Waals surface area contributed by atoms with Gasteiger partial charge in [0, 0.05) is 11.6 Å². The van der Waals surface area contributed by atoms with Gasteiger partial charge in [-0.2, -0.15) is 13.2 Å². The summed E-state index contributed by atoms with van der Waals surface area (Å²) >= 11 is 5.55. The van der Waals surface area contributed by atoms with Crippen molar-refractivity contribution < 1.29 is 21.6 Å². The van der Waals surface area contributed by atoms with Crippen LogP contribution in [0, 0.1) is 6.92 Å². The molecular weight excluding hydrogens is 351 g/mol. The molecule has 2 aromatic carbocycles. The van der Waals surface area contributed by atoms with Crippen molar-refractivity contribution in [2.75, 3.05) is 0 Å². The molecule has 0 aliphatic rings. The van der Waals surface area contributed by atoms with Crippen molar-refractivity contribution in [1.29, 1.82) is 0 Å². The van der Waals surface area contributed by atoms with Crippen LogP contribution in [0.1, 0.15) is 16.7 Å². The summed E-state index contributed by atoms with van der Waals surface area (Å²) in [6.45, 7) is 1.68. The van der Waals surface area contributed by atoms with Gasteiger partial charge < -0.3 is 0 Å². The van der Waals surface area contributed by atoms with E-state index in [9.17, 15) is 21.6 Å². The Morgan fingerprint density at radius 2 is 1.78 bits per heavy atom. The zero-order valence-electron chi connectivity index (χ0n) is 12.0. The first kappa shape index (κ1) is 17.8. The molecular formula is C15H13ClF3NO2S. The zero-order valence-corrected chi connectivity index (χ0v) is 13.6. The third-order valence-corrected chi connectivity index (χ3v) is 4.94.